The fourth-order valence-corrected chi connectivity index (χ4v) is 1.89. The average molecular weight is 219 g/mol. The highest BCUT2D eigenvalue weighted by Gasteiger charge is 2.23. The van der Waals surface area contributed by atoms with E-state index < -0.39 is 0 Å². The molecule has 1 aromatic heterocycles. The second-order valence-electron chi connectivity index (χ2n) is 3.80. The first-order valence-electron chi connectivity index (χ1n) is 5.10. The minimum atomic E-state index is -0.0967. The van der Waals surface area contributed by atoms with E-state index in [9.17, 15) is 9.59 Å². The fraction of sp³-hybridized carbons (Fsp3) is 0.364. The van der Waals surface area contributed by atoms with E-state index in [4.69, 9.17) is 0 Å². The molecule has 0 saturated heterocycles. The number of carbonyl (C=O) groups is 2. The lowest BCUT2D eigenvalue weighted by Gasteiger charge is -2.12. The van der Waals surface area contributed by atoms with Gasteiger partial charge in [0.15, 0.2) is 6.29 Å². The molecule has 0 atom stereocenters. The van der Waals surface area contributed by atoms with Crippen LogP contribution in [0.25, 0.3) is 0 Å². The molecule has 0 radical (unpaired) electrons. The maximum atomic E-state index is 12.1. The van der Waals surface area contributed by atoms with Crippen molar-refractivity contribution in [3.8, 4) is 0 Å². The molecule has 1 N–H and O–H groups in total. The molecule has 1 aliphatic heterocycles. The lowest BCUT2D eigenvalue weighted by Crippen LogP contribution is -2.28. The summed E-state index contributed by atoms with van der Waals surface area (Å²) >= 11 is 0. The highest BCUT2D eigenvalue weighted by Crippen LogP contribution is 2.18. The lowest BCUT2D eigenvalue weighted by atomic mass is 10.1. The summed E-state index contributed by atoms with van der Waals surface area (Å²) in [4.78, 5) is 31.3. The molecule has 0 unspecified atom stereocenters. The van der Waals surface area contributed by atoms with Gasteiger partial charge in [0.1, 0.15) is 0 Å². The topological polar surface area (TPSA) is 65.5 Å². The Labute approximate surface area is 93.2 Å². The van der Waals surface area contributed by atoms with E-state index in [2.05, 4.69) is 9.98 Å². The van der Waals surface area contributed by atoms with Crippen LogP contribution in [0.4, 0.5) is 0 Å². The zero-order valence-electron chi connectivity index (χ0n) is 9.28. The summed E-state index contributed by atoms with van der Waals surface area (Å²) in [6, 6.07) is 0. The van der Waals surface area contributed by atoms with E-state index in [0.717, 1.165) is 12.0 Å². The molecular formula is C11H13N3O2. The van der Waals surface area contributed by atoms with Gasteiger partial charge in [-0.05, 0) is 19.4 Å². The number of hydrogen-bond donors (Lipinski definition) is 1. The Morgan fingerprint density at radius 1 is 1.56 bits per heavy atom. The van der Waals surface area contributed by atoms with E-state index >= 15 is 0 Å². The van der Waals surface area contributed by atoms with Gasteiger partial charge in [-0.1, -0.05) is 0 Å². The van der Waals surface area contributed by atoms with Crippen LogP contribution >= 0.6 is 0 Å². The van der Waals surface area contributed by atoms with Gasteiger partial charge in [-0.25, -0.2) is 0 Å². The molecular weight excluding hydrogens is 206 g/mol. The summed E-state index contributed by atoms with van der Waals surface area (Å²) in [5, 5.41) is 0. The van der Waals surface area contributed by atoms with Gasteiger partial charge in [-0.15, -0.1) is 0 Å². The van der Waals surface area contributed by atoms with Crippen LogP contribution in [0.3, 0.4) is 0 Å². The predicted molar refractivity (Wildman–Crippen MR) is 60.0 cm³/mol. The van der Waals surface area contributed by atoms with Crippen LogP contribution in [0.1, 0.15) is 32.1 Å². The van der Waals surface area contributed by atoms with E-state index in [1.807, 2.05) is 0 Å². The zero-order valence-corrected chi connectivity index (χ0v) is 9.28. The Morgan fingerprint density at radius 3 is 2.81 bits per heavy atom. The van der Waals surface area contributed by atoms with Crippen molar-refractivity contribution in [3.05, 3.63) is 22.5 Å². The summed E-state index contributed by atoms with van der Waals surface area (Å²) in [5.74, 6) is -0.0967. The largest absolute Gasteiger partial charge is 0.356 e. The number of nitrogens with zero attached hydrogens (tertiary/aromatic N) is 2. The normalized spacial score (nSPS) is 14.5. The first-order chi connectivity index (χ1) is 7.65. The molecule has 1 aromatic rings. The molecule has 0 aliphatic carbocycles. The van der Waals surface area contributed by atoms with Gasteiger partial charge in [0.2, 0.25) is 0 Å². The standard InChI is InChI=1S/C11H13N3O2/c1-7-9(5-15)13-8(2)10(7)11(16)14-4-3-12-6-14/h5-6,13H,3-4H2,1-2H3. The number of aromatic nitrogens is 1. The summed E-state index contributed by atoms with van der Waals surface area (Å²) in [7, 11) is 0. The van der Waals surface area contributed by atoms with Gasteiger partial charge in [0.25, 0.3) is 5.91 Å². The zero-order chi connectivity index (χ0) is 11.7. The number of amides is 1. The Kier molecular flexibility index (Phi) is 2.60. The molecule has 2 rings (SSSR count). The van der Waals surface area contributed by atoms with E-state index in [-0.39, 0.29) is 5.91 Å². The molecule has 5 heteroatoms. The van der Waals surface area contributed by atoms with Crippen LogP contribution in [-0.2, 0) is 0 Å². The minimum absolute atomic E-state index is 0.0967. The summed E-state index contributed by atoms with van der Waals surface area (Å²) in [6.07, 6.45) is 2.28. The van der Waals surface area contributed by atoms with Crippen LogP contribution in [0.2, 0.25) is 0 Å². The number of carbonyl (C=O) groups excluding carboxylic acids is 2. The Bertz CT molecular complexity index is 474. The highest BCUT2D eigenvalue weighted by molar-refractivity contribution is 6.04. The van der Waals surface area contributed by atoms with Crippen molar-refractivity contribution in [3.63, 3.8) is 0 Å². The second kappa shape index (κ2) is 3.92. The number of nitrogens with one attached hydrogen (secondary N) is 1. The van der Waals surface area contributed by atoms with Crippen molar-refractivity contribution in [1.82, 2.24) is 9.88 Å². The van der Waals surface area contributed by atoms with Crippen molar-refractivity contribution in [2.75, 3.05) is 13.1 Å². The lowest BCUT2D eigenvalue weighted by molar-refractivity contribution is 0.0861. The van der Waals surface area contributed by atoms with E-state index in [0.29, 0.717) is 29.9 Å². The number of aryl methyl sites for hydroxylation is 1. The SMILES string of the molecule is Cc1[nH]c(C=O)c(C)c1C(=O)N1C=NCC1. The Hall–Kier alpha value is -1.91. The van der Waals surface area contributed by atoms with Gasteiger partial charge in [-0.2, -0.15) is 0 Å². The molecule has 0 spiro atoms. The van der Waals surface area contributed by atoms with Crippen molar-refractivity contribution in [2.45, 2.75) is 13.8 Å². The third-order valence-corrected chi connectivity index (χ3v) is 2.76. The van der Waals surface area contributed by atoms with Crippen molar-refractivity contribution < 1.29 is 9.59 Å². The van der Waals surface area contributed by atoms with Crippen molar-refractivity contribution in [2.24, 2.45) is 4.99 Å². The molecule has 84 valence electrons. The van der Waals surface area contributed by atoms with E-state index in [1.165, 1.54) is 0 Å². The fourth-order valence-electron chi connectivity index (χ4n) is 1.89. The highest BCUT2D eigenvalue weighted by atomic mass is 16.2. The van der Waals surface area contributed by atoms with Crippen molar-refractivity contribution >= 4 is 18.5 Å². The molecule has 0 bridgehead atoms. The molecule has 16 heavy (non-hydrogen) atoms. The van der Waals surface area contributed by atoms with Crippen LogP contribution in [-0.4, -0.2) is 41.5 Å². The molecule has 2 heterocycles. The molecule has 1 aliphatic rings. The predicted octanol–water partition coefficient (Wildman–Crippen LogP) is 0.928. The number of H-pyrrole nitrogens is 1. The minimum Gasteiger partial charge on any atom is -0.356 e. The molecule has 0 saturated carbocycles. The number of aliphatic imine (C=N–C) groups is 1. The van der Waals surface area contributed by atoms with Gasteiger partial charge < -0.3 is 4.98 Å². The summed E-state index contributed by atoms with van der Waals surface area (Å²) in [5.41, 5.74) is 2.48. The van der Waals surface area contributed by atoms with Gasteiger partial charge in [0.05, 0.1) is 24.1 Å². The first kappa shape index (κ1) is 10.6. The number of hydrogen-bond acceptors (Lipinski definition) is 3. The molecule has 1 amide bonds. The Morgan fingerprint density at radius 2 is 2.31 bits per heavy atom. The number of rotatable bonds is 2. The second-order valence-corrected chi connectivity index (χ2v) is 3.80. The smallest absolute Gasteiger partial charge is 0.261 e. The van der Waals surface area contributed by atoms with Crippen LogP contribution in [0.5, 0.6) is 0 Å². The first-order valence-corrected chi connectivity index (χ1v) is 5.10. The van der Waals surface area contributed by atoms with E-state index in [1.54, 1.807) is 25.1 Å². The number of aromatic amines is 1. The third-order valence-electron chi connectivity index (χ3n) is 2.76. The van der Waals surface area contributed by atoms with Crippen LogP contribution in [0.15, 0.2) is 4.99 Å². The van der Waals surface area contributed by atoms with Gasteiger partial charge in [0, 0.05) is 12.2 Å². The molecule has 5 nitrogen and oxygen atoms in total. The summed E-state index contributed by atoms with van der Waals surface area (Å²) in [6.45, 7) is 4.82. The van der Waals surface area contributed by atoms with Crippen LogP contribution < -0.4 is 0 Å². The van der Waals surface area contributed by atoms with Gasteiger partial charge in [-0.3, -0.25) is 19.5 Å². The maximum absolute atomic E-state index is 12.1. The quantitative estimate of drug-likeness (QED) is 0.752. The Balaban J connectivity index is 2.39. The summed E-state index contributed by atoms with van der Waals surface area (Å²) < 4.78 is 0. The molecule has 0 fully saturated rings. The maximum Gasteiger partial charge on any atom is 0.261 e. The third kappa shape index (κ3) is 1.54. The monoisotopic (exact) mass is 219 g/mol. The molecule has 0 aromatic carbocycles. The number of aldehydes is 1. The average Bonchev–Trinajstić information content (AvgIpc) is 2.86. The van der Waals surface area contributed by atoms with Crippen molar-refractivity contribution in [1.29, 1.82) is 0 Å². The van der Waals surface area contributed by atoms with Gasteiger partial charge >= 0.3 is 0 Å². The van der Waals surface area contributed by atoms with Crippen LogP contribution in [0, 0.1) is 13.8 Å².